The molecule has 4 aromatic rings. The number of hydrogen-bond acceptors (Lipinski definition) is 3. The van der Waals surface area contributed by atoms with Crippen LogP contribution in [0.5, 0.6) is 0 Å². The van der Waals surface area contributed by atoms with E-state index < -0.39 is 35.0 Å². The van der Waals surface area contributed by atoms with Crippen molar-refractivity contribution in [3.05, 3.63) is 179 Å². The maximum Gasteiger partial charge on any atom is 0.673 e. The second-order valence-electron chi connectivity index (χ2n) is 13.6. The minimum absolute atomic E-state index is 0. The second kappa shape index (κ2) is 20.6. The first-order valence-electron chi connectivity index (χ1n) is 18.6. The van der Waals surface area contributed by atoms with Crippen molar-refractivity contribution in [1.29, 1.82) is 0 Å². The molecule has 2 fully saturated rings. The molecular weight excluding hydrogens is 828 g/mol. The Balaban J connectivity index is 0.000000355. The molecule has 4 aromatic carbocycles. The Kier molecular flexibility index (Phi) is 16.0. The van der Waals surface area contributed by atoms with Gasteiger partial charge in [0.25, 0.3) is 0 Å². The van der Waals surface area contributed by atoms with Crippen molar-refractivity contribution in [3.63, 3.8) is 0 Å². The van der Waals surface area contributed by atoms with Gasteiger partial charge in [-0.2, -0.15) is 0 Å². The van der Waals surface area contributed by atoms with Gasteiger partial charge in [-0.15, -0.1) is 0 Å². The van der Waals surface area contributed by atoms with Crippen molar-refractivity contribution in [2.45, 2.75) is 74.0 Å². The molecule has 3 aliphatic heterocycles. The van der Waals surface area contributed by atoms with Gasteiger partial charge in [-0.25, -0.2) is 9.59 Å². The zero-order valence-corrected chi connectivity index (χ0v) is 33.8. The van der Waals surface area contributed by atoms with Crippen LogP contribution < -0.4 is 0 Å². The maximum atomic E-state index is 13.9. The van der Waals surface area contributed by atoms with Crippen molar-refractivity contribution in [2.75, 3.05) is 0 Å². The van der Waals surface area contributed by atoms with Gasteiger partial charge in [-0.1, -0.05) is 161 Å². The summed E-state index contributed by atoms with van der Waals surface area (Å²) < 4.78 is 44.6. The van der Waals surface area contributed by atoms with E-state index in [1.54, 1.807) is 0 Å². The molecule has 0 saturated carbocycles. The van der Waals surface area contributed by atoms with Gasteiger partial charge >= 0.3 is 19.2 Å². The molecule has 8 rings (SSSR count). The van der Waals surface area contributed by atoms with Gasteiger partial charge in [0, 0.05) is 42.1 Å². The van der Waals surface area contributed by atoms with Crippen LogP contribution in [0.2, 0.25) is 0 Å². The molecule has 0 N–H and O–H groups in total. The Hall–Kier alpha value is -3.49. The zero-order chi connectivity index (χ0) is 37.9. The minimum Gasteiger partial charge on any atom is -0.418 e. The van der Waals surface area contributed by atoms with Crippen LogP contribution in [-0.2, 0) is 33.8 Å². The van der Waals surface area contributed by atoms with E-state index in [2.05, 4.69) is 121 Å². The van der Waals surface area contributed by atoms with Crippen LogP contribution in [0.15, 0.2) is 156 Å². The molecule has 4 atom stereocenters. The quantitative estimate of drug-likeness (QED) is 0.0484. The van der Waals surface area contributed by atoms with Crippen LogP contribution >= 0.6 is 15.8 Å². The Labute approximate surface area is 337 Å². The molecule has 1 aliphatic carbocycles. The third kappa shape index (κ3) is 11.3. The Bertz CT molecular complexity index is 1680. The molecule has 3 heterocycles. The number of ether oxygens (including phenoxy) is 1. The van der Waals surface area contributed by atoms with Gasteiger partial charge in [-0.3, -0.25) is 0 Å². The van der Waals surface area contributed by atoms with Gasteiger partial charge < -0.3 is 22.0 Å². The molecule has 0 aromatic heterocycles. The fourth-order valence-electron chi connectivity index (χ4n) is 7.94. The fourth-order valence-corrected chi connectivity index (χ4v) is 15.6. The van der Waals surface area contributed by atoms with Crippen LogP contribution in [0.3, 0.4) is 0 Å². The number of carbonyl (C=O) groups excluding carboxylic acids is 2. The maximum absolute atomic E-state index is 13.9. The van der Waals surface area contributed by atoms with Gasteiger partial charge in [-0.05, 0) is 73.6 Å². The van der Waals surface area contributed by atoms with E-state index in [9.17, 15) is 26.9 Å². The molecule has 11 heteroatoms. The van der Waals surface area contributed by atoms with Crippen LogP contribution in [0.25, 0.3) is 0 Å². The first kappa shape index (κ1) is 42.6. The number of halogens is 4. The largest absolute Gasteiger partial charge is 0.673 e. The van der Waals surface area contributed by atoms with Gasteiger partial charge in [0.05, 0.1) is 10.6 Å². The predicted molar refractivity (Wildman–Crippen MR) is 214 cm³/mol. The molecule has 55 heavy (non-hydrogen) atoms. The second-order valence-corrected chi connectivity index (χ2v) is 18.7. The van der Waals surface area contributed by atoms with Gasteiger partial charge in [0.1, 0.15) is 0 Å². The first-order valence-corrected chi connectivity index (χ1v) is 21.6. The van der Waals surface area contributed by atoms with E-state index in [-0.39, 0.29) is 42.1 Å². The number of hydrogen-bond donors (Lipinski definition) is 0. The van der Waals surface area contributed by atoms with Crippen molar-refractivity contribution >= 4 is 35.0 Å². The molecular formula is C44H44BF4O3P2Rh-. The Morgan fingerprint density at radius 1 is 0.436 bits per heavy atom. The van der Waals surface area contributed by atoms with Gasteiger partial charge in [0.15, 0.2) is 0 Å². The van der Waals surface area contributed by atoms with Crippen LogP contribution in [0, 0.1) is 0 Å². The standard InChI is InChI=1S/C36H32O3P2.C8H12.BF4.Rh/c37-35-33(40-29(25-13-5-1-6-14-25)21-22-30(40)26-15-7-2-8-16-26)34(36(38)39-35)41-31(27-17-9-3-10-18-27)23-24-32(41)28-19-11-4-12-20-28;1-2-4-6-8-7-5-3-1;2-1(3,4)5;/h1-20,29-32H,21-24H2;1-2,7-8H,3-6H2;;/q;;-1;/t29-,30-,31-,32-;;;/m0.../s1. The summed E-state index contributed by atoms with van der Waals surface area (Å²) in [5, 5.41) is 1.44. The first-order chi connectivity index (χ1) is 26.2. The molecule has 0 unspecified atom stereocenters. The van der Waals surface area contributed by atoms with Crippen LogP contribution in [0.4, 0.5) is 17.3 Å². The SMILES string of the molecule is C1=CCCC=CCC1.F[B-](F)(F)F.O=C1OC(=O)C(P2[C@H](c3ccccc3)CC[C@H]2c2ccccc2)=C1P1[C@H](c2ccccc2)CC[C@H]1c1ccccc1.[Rh]. The van der Waals surface area contributed by atoms with Crippen molar-refractivity contribution in [1.82, 2.24) is 0 Å². The number of allylic oxidation sites excluding steroid dienone is 4. The molecule has 0 amide bonds. The van der Waals surface area contributed by atoms with Crippen LogP contribution in [-0.4, -0.2) is 19.2 Å². The van der Waals surface area contributed by atoms with E-state index in [0.29, 0.717) is 0 Å². The number of carbonyl (C=O) groups is 2. The van der Waals surface area contributed by atoms with Crippen molar-refractivity contribution in [2.24, 2.45) is 0 Å². The van der Waals surface area contributed by atoms with E-state index in [1.807, 2.05) is 24.3 Å². The topological polar surface area (TPSA) is 43.4 Å². The van der Waals surface area contributed by atoms with E-state index >= 15 is 0 Å². The smallest absolute Gasteiger partial charge is 0.418 e. The summed E-state index contributed by atoms with van der Waals surface area (Å²) in [5.74, 6) is -0.791. The third-order valence-corrected chi connectivity index (χ3v) is 17.1. The summed E-state index contributed by atoms with van der Waals surface area (Å²) in [7, 11) is -8.05. The molecule has 0 spiro atoms. The van der Waals surface area contributed by atoms with E-state index in [0.717, 1.165) is 36.3 Å². The van der Waals surface area contributed by atoms with Gasteiger partial charge in [0.2, 0.25) is 0 Å². The summed E-state index contributed by atoms with van der Waals surface area (Å²) in [6, 6.07) is 42.4. The molecule has 289 valence electrons. The summed E-state index contributed by atoms with van der Waals surface area (Å²) in [5.41, 5.74) is 5.88. The third-order valence-electron chi connectivity index (χ3n) is 10.2. The molecule has 0 bridgehead atoms. The number of esters is 2. The normalized spacial score (nSPS) is 22.8. The Morgan fingerprint density at radius 2 is 0.655 bits per heavy atom. The summed E-state index contributed by atoms with van der Waals surface area (Å²) in [6.45, 7) is 0. The minimum atomic E-state index is -6.00. The number of cyclic esters (lactones) is 2. The molecule has 2 saturated heterocycles. The summed E-state index contributed by atoms with van der Waals surface area (Å²) in [4.78, 5) is 27.8. The number of benzene rings is 4. The molecule has 1 radical (unpaired) electrons. The number of rotatable bonds is 6. The summed E-state index contributed by atoms with van der Waals surface area (Å²) in [6.07, 6.45) is 18.0. The average Bonchev–Trinajstić information content (AvgIpc) is 3.87. The van der Waals surface area contributed by atoms with Crippen molar-refractivity contribution in [3.8, 4) is 0 Å². The molecule has 4 aliphatic rings. The van der Waals surface area contributed by atoms with Crippen LogP contribution in [0.1, 0.15) is 96.3 Å². The Morgan fingerprint density at radius 3 is 0.873 bits per heavy atom. The summed E-state index contributed by atoms with van der Waals surface area (Å²) >= 11 is 0. The molecule has 3 nitrogen and oxygen atoms in total. The monoisotopic (exact) mass is 872 g/mol. The predicted octanol–water partition coefficient (Wildman–Crippen LogP) is 13.8. The van der Waals surface area contributed by atoms with Crippen molar-refractivity contribution < 1.29 is 51.1 Å². The van der Waals surface area contributed by atoms with E-state index in [4.69, 9.17) is 4.74 Å². The zero-order valence-electron chi connectivity index (χ0n) is 30.4. The fraction of sp³-hybridized carbons (Fsp3) is 0.273. The van der Waals surface area contributed by atoms with E-state index in [1.165, 1.54) is 47.9 Å². The average molecular weight is 872 g/mol.